The highest BCUT2D eigenvalue weighted by atomic mass is 16.6. The van der Waals surface area contributed by atoms with E-state index in [2.05, 4.69) is 15.5 Å². The number of rotatable bonds is 4. The first-order valence-corrected chi connectivity index (χ1v) is 7.16. The summed E-state index contributed by atoms with van der Waals surface area (Å²) in [5.74, 6) is 0.263. The van der Waals surface area contributed by atoms with E-state index in [1.807, 2.05) is 7.05 Å². The Hall–Kier alpha value is -2.48. The third-order valence-corrected chi connectivity index (χ3v) is 4.03. The number of amides is 1. The number of benzene rings is 1. The Labute approximate surface area is 126 Å². The summed E-state index contributed by atoms with van der Waals surface area (Å²) < 4.78 is 0. The van der Waals surface area contributed by atoms with Gasteiger partial charge in [0.05, 0.1) is 10.4 Å². The molecule has 1 amide bonds. The van der Waals surface area contributed by atoms with Gasteiger partial charge in [-0.1, -0.05) is 0 Å². The number of aromatic amines is 1. The molecule has 2 N–H and O–H groups in total. The van der Waals surface area contributed by atoms with Gasteiger partial charge in [0.25, 0.3) is 11.6 Å². The van der Waals surface area contributed by atoms with Crippen molar-refractivity contribution < 1.29 is 9.72 Å². The SMILES string of the molecule is CNCC1CCN(C(=O)c2n[nH]c3ccc([N+](=O)[O-])cc23)C1. The molecule has 1 aromatic carbocycles. The van der Waals surface area contributed by atoms with Gasteiger partial charge in [0.15, 0.2) is 5.69 Å². The Bertz CT molecular complexity index is 726. The fourth-order valence-corrected chi connectivity index (χ4v) is 2.90. The molecule has 1 aliphatic rings. The molecular weight excluding hydrogens is 286 g/mol. The van der Waals surface area contributed by atoms with Crippen molar-refractivity contribution in [2.75, 3.05) is 26.7 Å². The van der Waals surface area contributed by atoms with Gasteiger partial charge in [-0.05, 0) is 32.0 Å². The molecule has 8 nitrogen and oxygen atoms in total. The molecule has 8 heteroatoms. The molecule has 1 fully saturated rings. The first-order valence-electron chi connectivity index (χ1n) is 7.16. The van der Waals surface area contributed by atoms with Crippen molar-refractivity contribution in [1.82, 2.24) is 20.4 Å². The Kier molecular flexibility index (Phi) is 3.76. The maximum Gasteiger partial charge on any atom is 0.275 e. The van der Waals surface area contributed by atoms with E-state index < -0.39 is 4.92 Å². The van der Waals surface area contributed by atoms with E-state index in [0.29, 0.717) is 29.9 Å². The van der Waals surface area contributed by atoms with Gasteiger partial charge in [-0.25, -0.2) is 0 Å². The van der Waals surface area contributed by atoms with Crippen LogP contribution in [0.25, 0.3) is 10.9 Å². The molecule has 0 bridgehead atoms. The topological polar surface area (TPSA) is 104 Å². The molecule has 1 atom stereocenters. The summed E-state index contributed by atoms with van der Waals surface area (Å²) in [5, 5.41) is 21.3. The molecule has 1 aromatic heterocycles. The van der Waals surface area contributed by atoms with E-state index in [4.69, 9.17) is 0 Å². The number of nitrogens with one attached hydrogen (secondary N) is 2. The van der Waals surface area contributed by atoms with Crippen LogP contribution in [0.5, 0.6) is 0 Å². The van der Waals surface area contributed by atoms with Gasteiger partial charge in [0.2, 0.25) is 0 Å². The zero-order chi connectivity index (χ0) is 15.7. The average Bonchev–Trinajstić information content (AvgIpc) is 3.12. The highest BCUT2D eigenvalue weighted by Crippen LogP contribution is 2.25. The van der Waals surface area contributed by atoms with E-state index in [9.17, 15) is 14.9 Å². The normalized spacial score (nSPS) is 18.0. The molecule has 1 aliphatic heterocycles. The number of carbonyl (C=O) groups is 1. The van der Waals surface area contributed by atoms with Crippen molar-refractivity contribution in [3.05, 3.63) is 34.0 Å². The number of hydrogen-bond donors (Lipinski definition) is 2. The van der Waals surface area contributed by atoms with Crippen LogP contribution in [0, 0.1) is 16.0 Å². The average molecular weight is 303 g/mol. The Morgan fingerprint density at radius 3 is 3.14 bits per heavy atom. The van der Waals surface area contributed by atoms with Crippen LogP contribution in [0.4, 0.5) is 5.69 Å². The van der Waals surface area contributed by atoms with E-state index in [1.54, 1.807) is 11.0 Å². The maximum absolute atomic E-state index is 12.6. The van der Waals surface area contributed by atoms with Gasteiger partial charge in [-0.15, -0.1) is 0 Å². The van der Waals surface area contributed by atoms with E-state index in [-0.39, 0.29) is 17.3 Å². The summed E-state index contributed by atoms with van der Waals surface area (Å²) >= 11 is 0. The molecular formula is C14H17N5O3. The molecule has 116 valence electrons. The van der Waals surface area contributed by atoms with Crippen molar-refractivity contribution in [1.29, 1.82) is 0 Å². The van der Waals surface area contributed by atoms with E-state index in [1.165, 1.54) is 12.1 Å². The molecule has 3 rings (SSSR count). The molecule has 1 unspecified atom stereocenters. The Morgan fingerprint density at radius 1 is 1.59 bits per heavy atom. The summed E-state index contributed by atoms with van der Waals surface area (Å²) in [4.78, 5) is 24.8. The predicted octanol–water partition coefficient (Wildman–Crippen LogP) is 1.15. The van der Waals surface area contributed by atoms with Crippen LogP contribution in [0.1, 0.15) is 16.9 Å². The molecule has 0 saturated carbocycles. The summed E-state index contributed by atoms with van der Waals surface area (Å²) in [5.41, 5.74) is 0.834. The molecule has 0 radical (unpaired) electrons. The summed E-state index contributed by atoms with van der Waals surface area (Å²) in [6, 6.07) is 4.37. The van der Waals surface area contributed by atoms with E-state index >= 15 is 0 Å². The third-order valence-electron chi connectivity index (χ3n) is 4.03. The number of nitro benzene ring substituents is 1. The number of nitro groups is 1. The maximum atomic E-state index is 12.6. The number of hydrogen-bond acceptors (Lipinski definition) is 5. The highest BCUT2D eigenvalue weighted by molar-refractivity contribution is 6.05. The van der Waals surface area contributed by atoms with Crippen molar-refractivity contribution in [3.8, 4) is 0 Å². The first kappa shape index (κ1) is 14.5. The van der Waals surface area contributed by atoms with Crippen LogP contribution in [-0.4, -0.2) is 52.6 Å². The minimum atomic E-state index is -0.473. The van der Waals surface area contributed by atoms with Crippen molar-refractivity contribution in [2.24, 2.45) is 5.92 Å². The molecule has 2 heterocycles. The Morgan fingerprint density at radius 2 is 2.41 bits per heavy atom. The number of H-pyrrole nitrogens is 1. The molecule has 0 spiro atoms. The van der Waals surface area contributed by atoms with E-state index in [0.717, 1.165) is 13.0 Å². The fourth-order valence-electron chi connectivity index (χ4n) is 2.90. The van der Waals surface area contributed by atoms with Crippen molar-refractivity contribution >= 4 is 22.5 Å². The van der Waals surface area contributed by atoms with Crippen LogP contribution >= 0.6 is 0 Å². The first-order chi connectivity index (χ1) is 10.6. The van der Waals surface area contributed by atoms with Crippen LogP contribution in [0.15, 0.2) is 18.2 Å². The summed E-state index contributed by atoms with van der Waals surface area (Å²) in [6.45, 7) is 2.24. The zero-order valence-electron chi connectivity index (χ0n) is 12.2. The minimum absolute atomic E-state index is 0.0440. The lowest BCUT2D eigenvalue weighted by atomic mass is 10.1. The third kappa shape index (κ3) is 2.52. The second-order valence-electron chi connectivity index (χ2n) is 5.52. The number of carbonyl (C=O) groups excluding carboxylic acids is 1. The molecule has 1 saturated heterocycles. The second kappa shape index (κ2) is 5.72. The number of fused-ring (bicyclic) bond motifs is 1. The van der Waals surface area contributed by atoms with Gasteiger partial charge in [0.1, 0.15) is 0 Å². The molecule has 0 aliphatic carbocycles. The smallest absolute Gasteiger partial charge is 0.275 e. The lowest BCUT2D eigenvalue weighted by Gasteiger charge is -2.15. The van der Waals surface area contributed by atoms with Gasteiger partial charge >= 0.3 is 0 Å². The fraction of sp³-hybridized carbons (Fsp3) is 0.429. The van der Waals surface area contributed by atoms with Crippen LogP contribution in [-0.2, 0) is 0 Å². The summed E-state index contributed by atoms with van der Waals surface area (Å²) in [7, 11) is 1.89. The van der Waals surface area contributed by atoms with Crippen LogP contribution in [0.2, 0.25) is 0 Å². The lowest BCUT2D eigenvalue weighted by molar-refractivity contribution is -0.384. The van der Waals surface area contributed by atoms with Gasteiger partial charge in [-0.3, -0.25) is 20.0 Å². The number of non-ortho nitro benzene ring substituents is 1. The second-order valence-corrected chi connectivity index (χ2v) is 5.52. The standard InChI is InChI=1S/C14H17N5O3/c1-15-7-9-4-5-18(8-9)14(20)13-11-6-10(19(21)22)2-3-12(11)16-17-13/h2-3,6,9,15H,4-5,7-8H2,1H3,(H,16,17). The van der Waals surface area contributed by atoms with Crippen LogP contribution in [0.3, 0.4) is 0 Å². The molecule has 2 aromatic rings. The highest BCUT2D eigenvalue weighted by Gasteiger charge is 2.29. The quantitative estimate of drug-likeness (QED) is 0.651. The zero-order valence-corrected chi connectivity index (χ0v) is 12.2. The Balaban J connectivity index is 1.88. The number of nitrogens with zero attached hydrogens (tertiary/aromatic N) is 3. The minimum Gasteiger partial charge on any atom is -0.337 e. The predicted molar refractivity (Wildman–Crippen MR) is 80.7 cm³/mol. The molecule has 22 heavy (non-hydrogen) atoms. The van der Waals surface area contributed by atoms with Gasteiger partial charge in [0, 0.05) is 30.6 Å². The van der Waals surface area contributed by atoms with Gasteiger partial charge < -0.3 is 10.2 Å². The van der Waals surface area contributed by atoms with Gasteiger partial charge in [-0.2, -0.15) is 5.10 Å². The largest absolute Gasteiger partial charge is 0.337 e. The monoisotopic (exact) mass is 303 g/mol. The van der Waals surface area contributed by atoms with Crippen LogP contribution < -0.4 is 5.32 Å². The number of likely N-dealkylation sites (tertiary alicyclic amines) is 1. The van der Waals surface area contributed by atoms with Crippen molar-refractivity contribution in [3.63, 3.8) is 0 Å². The number of aromatic nitrogens is 2. The summed E-state index contributed by atoms with van der Waals surface area (Å²) in [6.07, 6.45) is 0.953. The van der Waals surface area contributed by atoms with Crippen molar-refractivity contribution in [2.45, 2.75) is 6.42 Å². The lowest BCUT2D eigenvalue weighted by Crippen LogP contribution is -2.30.